The van der Waals surface area contributed by atoms with Crippen LogP contribution in [0.1, 0.15) is 28.4 Å². The Labute approximate surface area is 194 Å². The van der Waals surface area contributed by atoms with Crippen molar-refractivity contribution >= 4 is 11.6 Å². The summed E-state index contributed by atoms with van der Waals surface area (Å²) in [5.74, 6) is 1.19. The van der Waals surface area contributed by atoms with Gasteiger partial charge in [0, 0.05) is 68.2 Å². The van der Waals surface area contributed by atoms with Crippen molar-refractivity contribution in [3.8, 4) is 16.9 Å². The zero-order valence-corrected chi connectivity index (χ0v) is 19.3. The number of benzene rings is 2. The van der Waals surface area contributed by atoms with Gasteiger partial charge < -0.3 is 19.1 Å². The van der Waals surface area contributed by atoms with Crippen molar-refractivity contribution in [1.82, 2.24) is 9.47 Å². The van der Waals surface area contributed by atoms with Gasteiger partial charge in [0.2, 0.25) is 0 Å². The van der Waals surface area contributed by atoms with Crippen molar-refractivity contribution in [1.29, 1.82) is 0 Å². The number of methoxy groups -OCH3 is 1. The molecule has 0 radical (unpaired) electrons. The highest BCUT2D eigenvalue weighted by molar-refractivity contribution is 5.94. The molecular weight excluding hydrogens is 414 g/mol. The van der Waals surface area contributed by atoms with Gasteiger partial charge in [-0.25, -0.2) is 0 Å². The van der Waals surface area contributed by atoms with E-state index in [1.165, 1.54) is 0 Å². The number of aromatic nitrogens is 1. The van der Waals surface area contributed by atoms with E-state index >= 15 is 0 Å². The third kappa shape index (κ3) is 3.90. The van der Waals surface area contributed by atoms with Gasteiger partial charge in [0.25, 0.3) is 11.5 Å². The third-order valence-corrected chi connectivity index (χ3v) is 6.91. The van der Waals surface area contributed by atoms with Crippen LogP contribution < -0.4 is 15.2 Å². The second-order valence-electron chi connectivity index (χ2n) is 9.26. The molecule has 3 heterocycles. The van der Waals surface area contributed by atoms with E-state index in [-0.39, 0.29) is 23.3 Å². The zero-order valence-electron chi connectivity index (χ0n) is 19.3. The molecule has 6 nitrogen and oxygen atoms in total. The number of fused-ring (bicyclic) bond motifs is 4. The van der Waals surface area contributed by atoms with Gasteiger partial charge in [-0.1, -0.05) is 12.1 Å². The highest BCUT2D eigenvalue weighted by Crippen LogP contribution is 2.40. The first-order valence-corrected chi connectivity index (χ1v) is 11.4. The molecule has 1 saturated heterocycles. The summed E-state index contributed by atoms with van der Waals surface area (Å²) in [6.07, 6.45) is 0.999. The lowest BCUT2D eigenvalue weighted by Gasteiger charge is -2.43. The van der Waals surface area contributed by atoms with E-state index in [4.69, 9.17) is 4.74 Å². The van der Waals surface area contributed by atoms with Gasteiger partial charge in [-0.05, 0) is 60.4 Å². The van der Waals surface area contributed by atoms with E-state index in [0.29, 0.717) is 25.2 Å². The lowest BCUT2D eigenvalue weighted by Crippen LogP contribution is -2.49. The number of amides is 1. The van der Waals surface area contributed by atoms with Crippen molar-refractivity contribution in [3.63, 3.8) is 0 Å². The molecule has 2 aromatic carbocycles. The lowest BCUT2D eigenvalue weighted by molar-refractivity contribution is 0.0595. The number of piperidine rings is 1. The summed E-state index contributed by atoms with van der Waals surface area (Å²) >= 11 is 0. The molecule has 2 aliphatic heterocycles. The van der Waals surface area contributed by atoms with Crippen molar-refractivity contribution in [2.45, 2.75) is 18.9 Å². The highest BCUT2D eigenvalue weighted by atomic mass is 16.5. The van der Waals surface area contributed by atoms with Crippen LogP contribution in [0.3, 0.4) is 0 Å². The SMILES string of the molecule is COc1ccc(C(=O)N2C[C@@H]3C[C@H](C2)c2c(-c4ccc(N(C)C)cc4)ccc(=O)n2C3)cc1. The molecule has 2 bridgehead atoms. The van der Waals surface area contributed by atoms with E-state index in [2.05, 4.69) is 29.2 Å². The molecule has 0 N–H and O–H groups in total. The number of hydrogen-bond acceptors (Lipinski definition) is 4. The molecule has 33 heavy (non-hydrogen) atoms. The van der Waals surface area contributed by atoms with E-state index in [0.717, 1.165) is 34.7 Å². The summed E-state index contributed by atoms with van der Waals surface area (Å²) in [5.41, 5.74) is 5.09. The van der Waals surface area contributed by atoms with Crippen molar-refractivity contribution < 1.29 is 9.53 Å². The highest BCUT2D eigenvalue weighted by Gasteiger charge is 2.38. The topological polar surface area (TPSA) is 54.8 Å². The van der Waals surface area contributed by atoms with Crippen molar-refractivity contribution in [3.05, 3.63) is 82.3 Å². The fourth-order valence-corrected chi connectivity index (χ4v) is 5.28. The van der Waals surface area contributed by atoms with Crippen LogP contribution in [0.4, 0.5) is 5.69 Å². The van der Waals surface area contributed by atoms with E-state index in [9.17, 15) is 9.59 Å². The predicted octanol–water partition coefficient (Wildman–Crippen LogP) is 3.85. The van der Waals surface area contributed by atoms with Crippen LogP contribution in [-0.2, 0) is 6.54 Å². The summed E-state index contributed by atoms with van der Waals surface area (Å²) in [7, 11) is 5.67. The van der Waals surface area contributed by atoms with Crippen LogP contribution in [0.2, 0.25) is 0 Å². The molecule has 5 rings (SSSR count). The molecule has 2 aliphatic rings. The number of pyridine rings is 1. The van der Waals surface area contributed by atoms with Gasteiger partial charge in [0.15, 0.2) is 0 Å². The number of anilines is 1. The van der Waals surface area contributed by atoms with Gasteiger partial charge in [0.05, 0.1) is 7.11 Å². The van der Waals surface area contributed by atoms with Crippen LogP contribution in [-0.4, -0.2) is 49.7 Å². The van der Waals surface area contributed by atoms with E-state index in [1.54, 1.807) is 13.2 Å². The van der Waals surface area contributed by atoms with Gasteiger partial charge >= 0.3 is 0 Å². The first kappa shape index (κ1) is 21.3. The number of nitrogens with zero attached hydrogens (tertiary/aromatic N) is 3. The second kappa shape index (κ2) is 8.43. The van der Waals surface area contributed by atoms with Crippen molar-refractivity contribution in [2.24, 2.45) is 5.92 Å². The van der Waals surface area contributed by atoms with Gasteiger partial charge in [-0.3, -0.25) is 9.59 Å². The molecule has 1 fully saturated rings. The normalized spacial score (nSPS) is 19.1. The molecule has 6 heteroatoms. The second-order valence-corrected chi connectivity index (χ2v) is 9.26. The number of carbonyl (C=O) groups is 1. The van der Waals surface area contributed by atoms with Gasteiger partial charge in [0.1, 0.15) is 5.75 Å². The number of rotatable bonds is 4. The maximum atomic E-state index is 13.3. The third-order valence-electron chi connectivity index (χ3n) is 6.91. The zero-order chi connectivity index (χ0) is 23.1. The Morgan fingerprint density at radius 2 is 1.67 bits per heavy atom. The van der Waals surface area contributed by atoms with Crippen LogP contribution in [0.25, 0.3) is 11.1 Å². The lowest BCUT2D eigenvalue weighted by atomic mass is 9.80. The fraction of sp³-hybridized carbons (Fsp3) is 0.333. The Morgan fingerprint density at radius 3 is 2.33 bits per heavy atom. The van der Waals surface area contributed by atoms with Gasteiger partial charge in [-0.15, -0.1) is 0 Å². The molecule has 1 amide bonds. The molecule has 1 aromatic heterocycles. The summed E-state index contributed by atoms with van der Waals surface area (Å²) in [6.45, 7) is 1.95. The largest absolute Gasteiger partial charge is 0.497 e. The minimum absolute atomic E-state index is 0.0379. The maximum absolute atomic E-state index is 13.3. The molecule has 0 saturated carbocycles. The molecule has 170 valence electrons. The standard InChI is InChI=1S/C27H29N3O3/c1-28(2)22-8-4-19(5-9-22)24-12-13-25(31)30-16-18-14-21(26(24)30)17-29(15-18)27(32)20-6-10-23(33-3)11-7-20/h4-13,18,21H,14-17H2,1-3H3/t18-,21+/m0/s1. The number of hydrogen-bond donors (Lipinski definition) is 0. The van der Waals surface area contributed by atoms with Crippen LogP contribution in [0.15, 0.2) is 65.5 Å². The Bertz CT molecular complexity index is 1230. The quantitative estimate of drug-likeness (QED) is 0.615. The van der Waals surface area contributed by atoms with Crippen molar-refractivity contribution in [2.75, 3.05) is 39.2 Å². The first-order chi connectivity index (χ1) is 15.9. The monoisotopic (exact) mass is 443 g/mol. The van der Waals surface area contributed by atoms with E-state index < -0.39 is 0 Å². The average molecular weight is 444 g/mol. The Kier molecular flexibility index (Phi) is 5.44. The van der Waals surface area contributed by atoms with Gasteiger partial charge in [-0.2, -0.15) is 0 Å². The Hall–Kier alpha value is -3.54. The molecular formula is C27H29N3O3. The summed E-state index contributed by atoms with van der Waals surface area (Å²) in [5, 5.41) is 0. The maximum Gasteiger partial charge on any atom is 0.253 e. The minimum Gasteiger partial charge on any atom is -0.497 e. The Balaban J connectivity index is 1.48. The summed E-state index contributed by atoms with van der Waals surface area (Å²) in [4.78, 5) is 30.1. The van der Waals surface area contributed by atoms with Crippen LogP contribution >= 0.6 is 0 Å². The Morgan fingerprint density at radius 1 is 0.939 bits per heavy atom. The molecule has 3 aromatic rings. The number of carbonyl (C=O) groups excluding carboxylic acids is 1. The number of likely N-dealkylation sites (tertiary alicyclic amines) is 1. The molecule has 0 aliphatic carbocycles. The summed E-state index contributed by atoms with van der Waals surface area (Å²) < 4.78 is 7.17. The van der Waals surface area contributed by atoms with Crippen LogP contribution in [0, 0.1) is 5.92 Å². The summed E-state index contributed by atoms with van der Waals surface area (Å²) in [6, 6.07) is 19.3. The molecule has 0 unspecified atom stereocenters. The number of ether oxygens (including phenoxy) is 1. The van der Waals surface area contributed by atoms with Crippen LogP contribution in [0.5, 0.6) is 5.75 Å². The predicted molar refractivity (Wildman–Crippen MR) is 130 cm³/mol. The smallest absolute Gasteiger partial charge is 0.253 e. The molecule has 2 atom stereocenters. The fourth-order valence-electron chi connectivity index (χ4n) is 5.28. The average Bonchev–Trinajstić information content (AvgIpc) is 2.84. The first-order valence-electron chi connectivity index (χ1n) is 11.4. The van der Waals surface area contributed by atoms with E-state index in [1.807, 2.05) is 53.9 Å². The minimum atomic E-state index is 0.0379. The molecule has 0 spiro atoms.